The number of methoxy groups -OCH3 is 1. The number of carbonyl (C=O) groups is 2. The molecular weight excluding hydrogens is 566 g/mol. The zero-order chi connectivity index (χ0) is 32.1. The van der Waals surface area contributed by atoms with E-state index in [1.54, 1.807) is 13.0 Å². The van der Waals surface area contributed by atoms with Gasteiger partial charge in [-0.3, -0.25) is 9.59 Å². The van der Waals surface area contributed by atoms with Crippen molar-refractivity contribution in [3.05, 3.63) is 70.1 Å². The molecule has 0 aliphatic carbocycles. The van der Waals surface area contributed by atoms with Crippen molar-refractivity contribution >= 4 is 23.1 Å². The number of allylic oxidation sites excluding steroid dienone is 2. The highest BCUT2D eigenvalue weighted by atomic mass is 16.5. The maximum absolute atomic E-state index is 14.0. The van der Waals surface area contributed by atoms with Crippen molar-refractivity contribution in [3.8, 4) is 11.1 Å². The Morgan fingerprint density at radius 1 is 1.13 bits per heavy atom. The number of hydrogen-bond donors (Lipinski definition) is 4. The Morgan fingerprint density at radius 2 is 1.87 bits per heavy atom. The predicted molar refractivity (Wildman–Crippen MR) is 181 cm³/mol. The van der Waals surface area contributed by atoms with Gasteiger partial charge in [0.15, 0.2) is 5.78 Å². The Kier molecular flexibility index (Phi) is 10.2. The third kappa shape index (κ3) is 6.89. The largest absolute Gasteiger partial charge is 0.496 e. The molecule has 9 heteroatoms. The van der Waals surface area contributed by atoms with E-state index >= 15 is 0 Å². The van der Waals surface area contributed by atoms with E-state index < -0.39 is 0 Å². The van der Waals surface area contributed by atoms with Crippen molar-refractivity contribution < 1.29 is 19.1 Å². The van der Waals surface area contributed by atoms with Crippen LogP contribution >= 0.6 is 0 Å². The molecule has 0 bridgehead atoms. The predicted octanol–water partition coefficient (Wildman–Crippen LogP) is 4.80. The second kappa shape index (κ2) is 14.1. The topological polar surface area (TPSA) is 118 Å². The van der Waals surface area contributed by atoms with E-state index in [1.807, 2.05) is 13.0 Å². The van der Waals surface area contributed by atoms with Gasteiger partial charge in [0, 0.05) is 60.4 Å². The number of nitrogens with two attached hydrogens (primary N) is 1. The van der Waals surface area contributed by atoms with E-state index in [1.165, 1.54) is 25.3 Å². The van der Waals surface area contributed by atoms with Crippen molar-refractivity contribution in [2.75, 3.05) is 63.3 Å². The molecule has 2 aromatic rings. The maximum atomic E-state index is 14.0. The van der Waals surface area contributed by atoms with E-state index in [4.69, 9.17) is 15.2 Å². The molecule has 5 N–H and O–H groups in total. The quantitative estimate of drug-likeness (QED) is 0.171. The molecule has 1 amide bonds. The lowest BCUT2D eigenvalue weighted by atomic mass is 9.75. The number of Topliss-reactive ketones (excluding diaryl/α,β-unsaturated/α-hetero) is 1. The fraction of sp³-hybridized carbons (Fsp3) is 0.500. The van der Waals surface area contributed by atoms with Crippen LogP contribution in [0.1, 0.15) is 67.9 Å². The van der Waals surface area contributed by atoms with Gasteiger partial charge in [-0.2, -0.15) is 0 Å². The molecule has 0 aromatic heterocycles. The van der Waals surface area contributed by atoms with Gasteiger partial charge in [0.1, 0.15) is 5.76 Å². The fourth-order valence-electron chi connectivity index (χ4n) is 7.17. The first-order chi connectivity index (χ1) is 21.7. The highest BCUT2D eigenvalue weighted by molar-refractivity contribution is 6.01. The minimum atomic E-state index is -0.236. The Labute approximate surface area is 267 Å². The van der Waals surface area contributed by atoms with Gasteiger partial charge in [-0.15, -0.1) is 0 Å². The lowest BCUT2D eigenvalue weighted by Crippen LogP contribution is -2.43. The summed E-state index contributed by atoms with van der Waals surface area (Å²) in [4.78, 5) is 29.0. The van der Waals surface area contributed by atoms with Crippen LogP contribution in [0.15, 0.2) is 53.4 Å². The van der Waals surface area contributed by atoms with Crippen molar-refractivity contribution in [1.82, 2.24) is 10.6 Å². The summed E-state index contributed by atoms with van der Waals surface area (Å²) in [5, 5.41) is 10.2. The van der Waals surface area contributed by atoms with E-state index in [9.17, 15) is 9.59 Å². The third-order valence-electron chi connectivity index (χ3n) is 9.74. The summed E-state index contributed by atoms with van der Waals surface area (Å²) >= 11 is 0. The Bertz CT molecular complexity index is 1480. The number of nitrogens with zero attached hydrogens (tertiary/aromatic N) is 1. The second-order valence-electron chi connectivity index (χ2n) is 12.6. The zero-order valence-electron chi connectivity index (χ0n) is 27.5. The van der Waals surface area contributed by atoms with Gasteiger partial charge >= 0.3 is 0 Å². The molecule has 2 aromatic carbocycles. The van der Waals surface area contributed by atoms with Gasteiger partial charge < -0.3 is 36.1 Å². The highest BCUT2D eigenvalue weighted by Gasteiger charge is 2.40. The first-order valence-corrected chi connectivity index (χ1v) is 16.3. The summed E-state index contributed by atoms with van der Waals surface area (Å²) in [6, 6.07) is 11.3. The van der Waals surface area contributed by atoms with Crippen molar-refractivity contribution in [1.29, 1.82) is 0 Å². The second-order valence-corrected chi connectivity index (χ2v) is 12.6. The van der Waals surface area contributed by atoms with Gasteiger partial charge in [-0.05, 0) is 113 Å². The van der Waals surface area contributed by atoms with Crippen LogP contribution in [0.5, 0.6) is 0 Å². The number of anilines is 2. The lowest BCUT2D eigenvalue weighted by molar-refractivity contribution is -0.113. The molecule has 0 atom stereocenters. The third-order valence-corrected chi connectivity index (χ3v) is 9.74. The molecule has 2 fully saturated rings. The summed E-state index contributed by atoms with van der Waals surface area (Å²) in [6.45, 7) is 12.7. The summed E-state index contributed by atoms with van der Waals surface area (Å²) < 4.78 is 11.1. The fourth-order valence-corrected chi connectivity index (χ4v) is 7.17. The molecule has 3 heterocycles. The number of hydrogen-bond acceptors (Lipinski definition) is 8. The summed E-state index contributed by atoms with van der Waals surface area (Å²) in [6.07, 6.45) is 5.75. The maximum Gasteiger partial charge on any atom is 0.251 e. The molecule has 9 nitrogen and oxygen atoms in total. The molecule has 2 saturated heterocycles. The van der Waals surface area contributed by atoms with Gasteiger partial charge in [-0.1, -0.05) is 12.1 Å². The standard InChI is InChI=1S/C36H49N5O4/c1-6-41(28-9-13-38-14-10-28)33-20-27(26-7-8-31-32(19-26)40-22-36(31)11-15-45-16-12-36)18-29(24(33)3)35(43)39-21-30(25(4)42)34(44-5)17-23(2)37/h7-8,17-20,28,38,40H,6,9-16,21-22,37H2,1-5H3,(H,39,43)/b23-17-,34-30+. The average molecular weight is 616 g/mol. The zero-order valence-corrected chi connectivity index (χ0v) is 27.5. The van der Waals surface area contributed by atoms with Crippen LogP contribution < -0.4 is 26.6 Å². The van der Waals surface area contributed by atoms with E-state index in [-0.39, 0.29) is 23.7 Å². The highest BCUT2D eigenvalue weighted by Crippen LogP contribution is 2.45. The number of amides is 1. The van der Waals surface area contributed by atoms with Crippen LogP contribution in [-0.4, -0.2) is 70.8 Å². The number of nitrogens with one attached hydrogen (secondary N) is 3. The molecule has 0 saturated carbocycles. The monoisotopic (exact) mass is 615 g/mol. The molecule has 242 valence electrons. The number of ether oxygens (including phenoxy) is 2. The van der Waals surface area contributed by atoms with Gasteiger partial charge in [0.25, 0.3) is 5.91 Å². The summed E-state index contributed by atoms with van der Waals surface area (Å²) in [5.74, 6) is -0.0724. The molecule has 45 heavy (non-hydrogen) atoms. The first-order valence-electron chi connectivity index (χ1n) is 16.3. The molecule has 1 spiro atoms. The van der Waals surface area contributed by atoms with Gasteiger partial charge in [-0.25, -0.2) is 0 Å². The van der Waals surface area contributed by atoms with Crippen LogP contribution in [0, 0.1) is 6.92 Å². The average Bonchev–Trinajstić information content (AvgIpc) is 3.38. The van der Waals surface area contributed by atoms with Crippen LogP contribution in [-0.2, 0) is 19.7 Å². The van der Waals surface area contributed by atoms with Crippen LogP contribution in [0.25, 0.3) is 11.1 Å². The Balaban J connectivity index is 1.54. The summed E-state index contributed by atoms with van der Waals surface area (Å²) in [5.41, 5.74) is 14.1. The molecule has 0 unspecified atom stereocenters. The van der Waals surface area contributed by atoms with Crippen molar-refractivity contribution in [2.24, 2.45) is 5.73 Å². The van der Waals surface area contributed by atoms with Crippen LogP contribution in [0.4, 0.5) is 11.4 Å². The van der Waals surface area contributed by atoms with Crippen molar-refractivity contribution in [3.63, 3.8) is 0 Å². The number of ketones is 1. The molecule has 3 aliphatic heterocycles. The van der Waals surface area contributed by atoms with Crippen LogP contribution in [0.2, 0.25) is 0 Å². The number of carbonyl (C=O) groups excluding carboxylic acids is 2. The number of fused-ring (bicyclic) bond motifs is 2. The minimum Gasteiger partial charge on any atom is -0.496 e. The van der Waals surface area contributed by atoms with E-state index in [0.29, 0.717) is 28.6 Å². The smallest absolute Gasteiger partial charge is 0.251 e. The van der Waals surface area contributed by atoms with E-state index in [2.05, 4.69) is 52.0 Å². The molecule has 0 radical (unpaired) electrons. The first kappa shape index (κ1) is 32.6. The molecular formula is C36H49N5O4. The summed E-state index contributed by atoms with van der Waals surface area (Å²) in [7, 11) is 1.49. The Morgan fingerprint density at radius 3 is 2.51 bits per heavy atom. The number of piperidine rings is 1. The number of benzene rings is 2. The normalized spacial score (nSPS) is 18.6. The Hall–Kier alpha value is -3.82. The molecule has 5 rings (SSSR count). The number of rotatable bonds is 10. The lowest BCUT2D eigenvalue weighted by Gasteiger charge is -2.37. The van der Waals surface area contributed by atoms with Crippen molar-refractivity contribution in [2.45, 2.75) is 64.8 Å². The SMILES string of the molecule is CCN(c1cc(-c2ccc3c(c2)NCC32CCOCC2)cc(C(=O)NC/C(C(C)=O)=C(/C=C(/C)N)OC)c1C)C1CCNCC1. The van der Waals surface area contributed by atoms with E-state index in [0.717, 1.165) is 87.5 Å². The van der Waals surface area contributed by atoms with Crippen LogP contribution in [0.3, 0.4) is 0 Å². The van der Waals surface area contributed by atoms with Gasteiger partial charge in [0.05, 0.1) is 19.2 Å². The minimum absolute atomic E-state index is 0.0282. The van der Waals surface area contributed by atoms with Gasteiger partial charge in [0.2, 0.25) is 0 Å². The molecule has 3 aliphatic rings.